The van der Waals surface area contributed by atoms with E-state index in [2.05, 4.69) is 5.32 Å². The summed E-state index contributed by atoms with van der Waals surface area (Å²) in [6.45, 7) is 2.32. The van der Waals surface area contributed by atoms with Crippen molar-refractivity contribution in [2.24, 2.45) is 0 Å². The lowest BCUT2D eigenvalue weighted by atomic mass is 10.0. The van der Waals surface area contributed by atoms with Crippen molar-refractivity contribution in [2.75, 3.05) is 19.7 Å². The van der Waals surface area contributed by atoms with E-state index in [9.17, 15) is 4.79 Å². The van der Waals surface area contributed by atoms with Gasteiger partial charge < -0.3 is 14.8 Å². The minimum absolute atomic E-state index is 0.0684. The van der Waals surface area contributed by atoms with E-state index in [1.807, 2.05) is 0 Å². The van der Waals surface area contributed by atoms with Crippen LogP contribution in [0.3, 0.4) is 0 Å². The predicted molar refractivity (Wildman–Crippen MR) is 72.4 cm³/mol. The van der Waals surface area contributed by atoms with Crippen molar-refractivity contribution in [1.29, 1.82) is 0 Å². The summed E-state index contributed by atoms with van der Waals surface area (Å²) >= 11 is 6.06. The van der Waals surface area contributed by atoms with Gasteiger partial charge in [0.2, 0.25) is 0 Å². The van der Waals surface area contributed by atoms with E-state index in [4.69, 9.17) is 21.1 Å². The molecule has 2 aliphatic rings. The molecule has 1 saturated heterocycles. The van der Waals surface area contributed by atoms with Gasteiger partial charge in [0.1, 0.15) is 6.10 Å². The second kappa shape index (κ2) is 5.39. The molecule has 1 aromatic carbocycles. The maximum Gasteiger partial charge on any atom is 0.172 e. The van der Waals surface area contributed by atoms with Crippen LogP contribution in [0.15, 0.2) is 12.1 Å². The van der Waals surface area contributed by atoms with Crippen molar-refractivity contribution in [1.82, 2.24) is 5.32 Å². The molecule has 2 heterocycles. The highest BCUT2D eigenvalue weighted by Gasteiger charge is 2.25. The summed E-state index contributed by atoms with van der Waals surface area (Å²) in [6, 6.07) is 3.40. The van der Waals surface area contributed by atoms with Crippen LogP contribution in [0.2, 0.25) is 5.02 Å². The van der Waals surface area contributed by atoms with Crippen molar-refractivity contribution in [3.63, 3.8) is 0 Å². The van der Waals surface area contributed by atoms with Gasteiger partial charge in [0.15, 0.2) is 17.3 Å². The van der Waals surface area contributed by atoms with E-state index in [0.717, 1.165) is 25.9 Å². The maximum atomic E-state index is 11.9. The third-order valence-electron chi connectivity index (χ3n) is 3.48. The molecule has 2 aliphatic heterocycles. The van der Waals surface area contributed by atoms with Gasteiger partial charge in [-0.3, -0.25) is 4.79 Å². The molecule has 102 valence electrons. The molecule has 0 atom stereocenters. The van der Waals surface area contributed by atoms with Crippen LogP contribution in [-0.2, 0) is 0 Å². The number of piperidine rings is 1. The van der Waals surface area contributed by atoms with E-state index in [0.29, 0.717) is 35.1 Å². The summed E-state index contributed by atoms with van der Waals surface area (Å²) in [5, 5.41) is 3.81. The number of nitrogens with one attached hydrogen (secondary N) is 1. The number of halogens is 1. The van der Waals surface area contributed by atoms with Gasteiger partial charge in [0.05, 0.1) is 12.2 Å². The fraction of sp³-hybridized carbons (Fsp3) is 0.500. The smallest absolute Gasteiger partial charge is 0.172 e. The second-order valence-electron chi connectivity index (χ2n) is 4.87. The van der Waals surface area contributed by atoms with Gasteiger partial charge in [0, 0.05) is 17.5 Å². The number of rotatable bonds is 2. The number of benzene rings is 1. The minimum atomic E-state index is 0.0684. The lowest BCUT2D eigenvalue weighted by Gasteiger charge is -2.26. The van der Waals surface area contributed by atoms with Crippen LogP contribution < -0.4 is 14.8 Å². The van der Waals surface area contributed by atoms with Gasteiger partial charge in [-0.15, -0.1) is 0 Å². The van der Waals surface area contributed by atoms with Crippen LogP contribution in [0.5, 0.6) is 11.5 Å². The summed E-state index contributed by atoms with van der Waals surface area (Å²) in [5.74, 6) is 1.22. The zero-order chi connectivity index (χ0) is 13.2. The fourth-order valence-electron chi connectivity index (χ4n) is 2.49. The lowest BCUT2D eigenvalue weighted by Crippen LogP contribution is -2.34. The molecule has 0 unspecified atom stereocenters. The molecule has 1 fully saturated rings. The van der Waals surface area contributed by atoms with Gasteiger partial charge in [-0.25, -0.2) is 0 Å². The highest BCUT2D eigenvalue weighted by Crippen LogP contribution is 2.38. The highest BCUT2D eigenvalue weighted by molar-refractivity contribution is 6.31. The number of hydrogen-bond acceptors (Lipinski definition) is 4. The SMILES string of the molecule is O=C1CCOc2c(OC3CCNCC3)cc(Cl)cc21. The first-order chi connectivity index (χ1) is 9.24. The number of Topliss-reactive ketones (excluding diaryl/α,β-unsaturated/α-hetero) is 1. The zero-order valence-corrected chi connectivity index (χ0v) is 11.3. The average molecular weight is 282 g/mol. The molecular weight excluding hydrogens is 266 g/mol. The molecule has 1 N–H and O–H groups in total. The monoisotopic (exact) mass is 281 g/mol. The maximum absolute atomic E-state index is 11.9. The van der Waals surface area contributed by atoms with Crippen molar-refractivity contribution in [3.05, 3.63) is 22.7 Å². The van der Waals surface area contributed by atoms with E-state index in [1.165, 1.54) is 0 Å². The van der Waals surface area contributed by atoms with E-state index in [1.54, 1.807) is 12.1 Å². The largest absolute Gasteiger partial charge is 0.488 e. The Kier molecular flexibility index (Phi) is 3.62. The first kappa shape index (κ1) is 12.8. The molecule has 0 radical (unpaired) electrons. The van der Waals surface area contributed by atoms with Crippen LogP contribution in [0.1, 0.15) is 29.6 Å². The minimum Gasteiger partial charge on any atom is -0.488 e. The van der Waals surface area contributed by atoms with Crippen LogP contribution in [0.25, 0.3) is 0 Å². The fourth-order valence-corrected chi connectivity index (χ4v) is 2.69. The summed E-state index contributed by atoms with van der Waals surface area (Å²) in [6.07, 6.45) is 2.47. The first-order valence-electron chi connectivity index (χ1n) is 6.61. The topological polar surface area (TPSA) is 47.6 Å². The number of ketones is 1. The molecule has 1 aromatic rings. The van der Waals surface area contributed by atoms with Crippen molar-refractivity contribution < 1.29 is 14.3 Å². The van der Waals surface area contributed by atoms with Crippen LogP contribution in [-0.4, -0.2) is 31.6 Å². The molecule has 5 heteroatoms. The summed E-state index contributed by atoms with van der Waals surface area (Å²) in [7, 11) is 0. The van der Waals surface area contributed by atoms with Gasteiger partial charge in [-0.1, -0.05) is 11.6 Å². The Morgan fingerprint density at radius 2 is 2.11 bits per heavy atom. The van der Waals surface area contributed by atoms with Crippen molar-refractivity contribution in [3.8, 4) is 11.5 Å². The molecule has 0 aromatic heterocycles. The molecule has 19 heavy (non-hydrogen) atoms. The second-order valence-corrected chi connectivity index (χ2v) is 5.31. The zero-order valence-electron chi connectivity index (χ0n) is 10.6. The Morgan fingerprint density at radius 3 is 2.89 bits per heavy atom. The molecule has 0 saturated carbocycles. The lowest BCUT2D eigenvalue weighted by molar-refractivity contribution is 0.0922. The van der Waals surface area contributed by atoms with E-state index in [-0.39, 0.29) is 11.9 Å². The van der Waals surface area contributed by atoms with Gasteiger partial charge in [0.25, 0.3) is 0 Å². The molecule has 0 aliphatic carbocycles. The molecule has 3 rings (SSSR count). The van der Waals surface area contributed by atoms with Gasteiger partial charge in [-0.2, -0.15) is 0 Å². The van der Waals surface area contributed by atoms with Crippen molar-refractivity contribution in [2.45, 2.75) is 25.4 Å². The summed E-state index contributed by atoms with van der Waals surface area (Å²) < 4.78 is 11.6. The van der Waals surface area contributed by atoms with Crippen molar-refractivity contribution >= 4 is 17.4 Å². The quantitative estimate of drug-likeness (QED) is 0.904. The number of carbonyl (C=O) groups excluding carboxylic acids is 1. The number of fused-ring (bicyclic) bond motifs is 1. The number of hydrogen-bond donors (Lipinski definition) is 1. The number of ether oxygens (including phenoxy) is 2. The Hall–Kier alpha value is -1.26. The van der Waals surface area contributed by atoms with Gasteiger partial charge in [-0.05, 0) is 32.0 Å². The number of carbonyl (C=O) groups is 1. The molecular formula is C14H16ClNO3. The molecule has 0 amide bonds. The first-order valence-corrected chi connectivity index (χ1v) is 6.99. The average Bonchev–Trinajstić information content (AvgIpc) is 2.41. The van der Waals surface area contributed by atoms with E-state index >= 15 is 0 Å². The summed E-state index contributed by atoms with van der Waals surface area (Å²) in [5.41, 5.74) is 0.544. The Balaban J connectivity index is 1.89. The normalized spacial score (nSPS) is 19.7. The van der Waals surface area contributed by atoms with Crippen LogP contribution in [0, 0.1) is 0 Å². The third kappa shape index (κ3) is 2.69. The standard InChI is InChI=1S/C14H16ClNO3/c15-9-7-11-12(17)3-6-18-14(11)13(8-9)19-10-1-4-16-5-2-10/h7-8,10,16H,1-6H2. The predicted octanol–water partition coefficient (Wildman–Crippen LogP) is 2.44. The third-order valence-corrected chi connectivity index (χ3v) is 3.69. The molecule has 0 spiro atoms. The summed E-state index contributed by atoms with van der Waals surface area (Å²) in [4.78, 5) is 11.9. The molecule has 0 bridgehead atoms. The Morgan fingerprint density at radius 1 is 1.32 bits per heavy atom. The van der Waals surface area contributed by atoms with E-state index < -0.39 is 0 Å². The Bertz CT molecular complexity index is 498. The van der Waals surface area contributed by atoms with Gasteiger partial charge >= 0.3 is 0 Å². The highest BCUT2D eigenvalue weighted by atomic mass is 35.5. The molecule has 4 nitrogen and oxygen atoms in total. The van der Waals surface area contributed by atoms with Crippen LogP contribution >= 0.6 is 11.6 Å². The Labute approximate surface area is 117 Å². The van der Waals surface area contributed by atoms with Crippen LogP contribution in [0.4, 0.5) is 0 Å².